The lowest BCUT2D eigenvalue weighted by Gasteiger charge is -2.18. The van der Waals surface area contributed by atoms with Crippen LogP contribution in [-0.4, -0.2) is 40.8 Å². The monoisotopic (exact) mass is 387 g/mol. The summed E-state index contributed by atoms with van der Waals surface area (Å²) < 4.78 is 10.1. The molecule has 0 bridgehead atoms. The van der Waals surface area contributed by atoms with E-state index >= 15 is 0 Å². The van der Waals surface area contributed by atoms with E-state index in [1.54, 1.807) is 51.4 Å². The first-order chi connectivity index (χ1) is 12.8. The van der Waals surface area contributed by atoms with Gasteiger partial charge in [0, 0.05) is 17.1 Å². The Bertz CT molecular complexity index is 875. The predicted molar refractivity (Wildman–Crippen MR) is 102 cm³/mol. The Balaban J connectivity index is 2.00. The molecule has 1 amide bonds. The molecule has 0 aromatic carbocycles. The number of ether oxygens (including phenoxy) is 2. The Morgan fingerprint density at radius 2 is 2.11 bits per heavy atom. The SMILES string of the molecule is CCOC(=O)c1csc(-c2ccnc(C#CCNC(=O)OC(C)(C)C)c2)n1. The summed E-state index contributed by atoms with van der Waals surface area (Å²) in [6.07, 6.45) is 1.10. The minimum atomic E-state index is -0.552. The van der Waals surface area contributed by atoms with Gasteiger partial charge in [-0.15, -0.1) is 11.3 Å². The van der Waals surface area contributed by atoms with Crippen molar-refractivity contribution in [2.24, 2.45) is 0 Å². The fourth-order valence-electron chi connectivity index (χ4n) is 1.90. The van der Waals surface area contributed by atoms with Crippen LogP contribution in [0.2, 0.25) is 0 Å². The van der Waals surface area contributed by atoms with Crippen molar-refractivity contribution >= 4 is 23.4 Å². The van der Waals surface area contributed by atoms with Crippen LogP contribution in [0.1, 0.15) is 43.9 Å². The van der Waals surface area contributed by atoms with Crippen LogP contribution in [0.25, 0.3) is 10.6 Å². The number of nitrogens with zero attached hydrogens (tertiary/aromatic N) is 2. The molecule has 0 fully saturated rings. The molecule has 0 atom stereocenters. The highest BCUT2D eigenvalue weighted by Gasteiger charge is 2.15. The van der Waals surface area contributed by atoms with Gasteiger partial charge in [-0.3, -0.25) is 0 Å². The van der Waals surface area contributed by atoms with Gasteiger partial charge in [-0.05, 0) is 45.7 Å². The summed E-state index contributed by atoms with van der Waals surface area (Å²) in [6.45, 7) is 7.57. The Morgan fingerprint density at radius 3 is 2.81 bits per heavy atom. The third kappa shape index (κ3) is 6.72. The van der Waals surface area contributed by atoms with Crippen molar-refractivity contribution in [3.05, 3.63) is 35.1 Å². The van der Waals surface area contributed by atoms with Gasteiger partial charge >= 0.3 is 12.1 Å². The van der Waals surface area contributed by atoms with Crippen molar-refractivity contribution in [1.82, 2.24) is 15.3 Å². The molecule has 27 heavy (non-hydrogen) atoms. The number of aromatic nitrogens is 2. The average molecular weight is 387 g/mol. The number of esters is 1. The summed E-state index contributed by atoms with van der Waals surface area (Å²) in [7, 11) is 0. The van der Waals surface area contributed by atoms with Gasteiger partial charge in [0.15, 0.2) is 5.69 Å². The maximum Gasteiger partial charge on any atom is 0.408 e. The standard InChI is InChI=1S/C19H21N3O4S/c1-5-25-17(23)15-12-27-16(22-15)13-8-10-20-14(11-13)7-6-9-21-18(24)26-19(2,3)4/h8,10-12H,5,9H2,1-4H3,(H,21,24). The molecule has 0 aliphatic heterocycles. The number of carbonyl (C=O) groups is 2. The number of amides is 1. The predicted octanol–water partition coefficient (Wildman–Crippen LogP) is 3.26. The lowest BCUT2D eigenvalue weighted by atomic mass is 10.2. The second-order valence-electron chi connectivity index (χ2n) is 6.35. The largest absolute Gasteiger partial charge is 0.461 e. The normalized spacial score (nSPS) is 10.5. The molecule has 2 aromatic rings. The molecule has 7 nitrogen and oxygen atoms in total. The molecule has 0 saturated carbocycles. The van der Waals surface area contributed by atoms with Gasteiger partial charge in [0.2, 0.25) is 0 Å². The van der Waals surface area contributed by atoms with Crippen molar-refractivity contribution in [2.45, 2.75) is 33.3 Å². The van der Waals surface area contributed by atoms with Crippen molar-refractivity contribution < 1.29 is 19.1 Å². The van der Waals surface area contributed by atoms with Crippen LogP contribution in [0.15, 0.2) is 23.7 Å². The maximum atomic E-state index is 11.7. The van der Waals surface area contributed by atoms with Gasteiger partial charge < -0.3 is 14.8 Å². The lowest BCUT2D eigenvalue weighted by molar-refractivity contribution is 0.0515. The van der Waals surface area contributed by atoms with Gasteiger partial charge in [-0.2, -0.15) is 0 Å². The zero-order valence-corrected chi connectivity index (χ0v) is 16.5. The molecular weight excluding hydrogens is 366 g/mol. The summed E-state index contributed by atoms with van der Waals surface area (Å²) in [5.74, 6) is 5.26. The number of thiazole rings is 1. The molecule has 0 unspecified atom stereocenters. The summed E-state index contributed by atoms with van der Waals surface area (Å²) in [4.78, 5) is 31.7. The fourth-order valence-corrected chi connectivity index (χ4v) is 2.69. The van der Waals surface area contributed by atoms with E-state index in [1.807, 2.05) is 0 Å². The van der Waals surface area contributed by atoms with Crippen LogP contribution in [-0.2, 0) is 9.47 Å². The fraction of sp³-hybridized carbons (Fsp3) is 0.368. The van der Waals surface area contributed by atoms with Gasteiger partial charge in [0.05, 0.1) is 13.2 Å². The first kappa shape index (κ1) is 20.4. The summed E-state index contributed by atoms with van der Waals surface area (Å²) in [5.41, 5.74) is 1.06. The first-order valence-electron chi connectivity index (χ1n) is 8.33. The van der Waals surface area contributed by atoms with Crippen LogP contribution in [0.3, 0.4) is 0 Å². The highest BCUT2D eigenvalue weighted by molar-refractivity contribution is 7.13. The number of hydrogen-bond donors (Lipinski definition) is 1. The summed E-state index contributed by atoms with van der Waals surface area (Å²) in [5, 5.41) is 4.89. The molecular formula is C19H21N3O4S. The topological polar surface area (TPSA) is 90.4 Å². The van der Waals surface area contributed by atoms with E-state index in [2.05, 4.69) is 27.1 Å². The van der Waals surface area contributed by atoms with Gasteiger partial charge in [0.25, 0.3) is 0 Å². The quantitative estimate of drug-likeness (QED) is 0.640. The highest BCUT2D eigenvalue weighted by atomic mass is 32.1. The Hall–Kier alpha value is -2.92. The number of rotatable bonds is 4. The van der Waals surface area contributed by atoms with Crippen LogP contribution >= 0.6 is 11.3 Å². The minimum absolute atomic E-state index is 0.144. The molecule has 1 N–H and O–H groups in total. The third-order valence-corrected chi connectivity index (χ3v) is 3.82. The molecule has 2 rings (SSSR count). The van der Waals surface area contributed by atoms with Gasteiger partial charge in [-0.1, -0.05) is 5.92 Å². The van der Waals surface area contributed by atoms with E-state index in [0.29, 0.717) is 17.3 Å². The maximum absolute atomic E-state index is 11.7. The van der Waals surface area contributed by atoms with Crippen LogP contribution in [0.5, 0.6) is 0 Å². The van der Waals surface area contributed by atoms with Crippen molar-refractivity contribution in [2.75, 3.05) is 13.2 Å². The Kier molecular flexibility index (Phi) is 6.91. The Labute approximate surface area is 162 Å². The zero-order chi connectivity index (χ0) is 19.9. The molecule has 2 heterocycles. The van der Waals surface area contributed by atoms with E-state index in [0.717, 1.165) is 5.56 Å². The lowest BCUT2D eigenvalue weighted by Crippen LogP contribution is -2.32. The molecule has 0 aliphatic carbocycles. The van der Waals surface area contributed by atoms with E-state index in [-0.39, 0.29) is 12.2 Å². The second-order valence-corrected chi connectivity index (χ2v) is 7.20. The summed E-state index contributed by atoms with van der Waals surface area (Å²) >= 11 is 1.34. The summed E-state index contributed by atoms with van der Waals surface area (Å²) in [6, 6.07) is 3.56. The molecule has 2 aromatic heterocycles. The Morgan fingerprint density at radius 1 is 1.33 bits per heavy atom. The third-order valence-electron chi connectivity index (χ3n) is 2.93. The molecule has 0 radical (unpaired) electrons. The number of hydrogen-bond acceptors (Lipinski definition) is 7. The number of carbonyl (C=O) groups excluding carboxylic acids is 2. The van der Waals surface area contributed by atoms with E-state index < -0.39 is 17.7 Å². The smallest absolute Gasteiger partial charge is 0.408 e. The zero-order valence-electron chi connectivity index (χ0n) is 15.7. The number of nitrogens with one attached hydrogen (secondary N) is 1. The molecule has 0 saturated heterocycles. The average Bonchev–Trinajstić information content (AvgIpc) is 3.08. The minimum Gasteiger partial charge on any atom is -0.461 e. The van der Waals surface area contributed by atoms with Crippen molar-refractivity contribution in [1.29, 1.82) is 0 Å². The van der Waals surface area contributed by atoms with Crippen LogP contribution < -0.4 is 5.32 Å². The number of alkyl carbamates (subject to hydrolysis) is 1. The van der Waals surface area contributed by atoms with E-state index in [9.17, 15) is 9.59 Å². The molecule has 8 heteroatoms. The van der Waals surface area contributed by atoms with Crippen molar-refractivity contribution in [3.8, 4) is 22.4 Å². The number of pyridine rings is 1. The highest BCUT2D eigenvalue weighted by Crippen LogP contribution is 2.24. The van der Waals surface area contributed by atoms with Crippen LogP contribution in [0.4, 0.5) is 4.79 Å². The van der Waals surface area contributed by atoms with E-state index in [4.69, 9.17) is 9.47 Å². The van der Waals surface area contributed by atoms with E-state index in [1.165, 1.54) is 11.3 Å². The molecule has 0 spiro atoms. The molecule has 142 valence electrons. The van der Waals surface area contributed by atoms with Gasteiger partial charge in [0.1, 0.15) is 16.3 Å². The van der Waals surface area contributed by atoms with Crippen molar-refractivity contribution in [3.63, 3.8) is 0 Å². The molecule has 0 aliphatic rings. The second kappa shape index (κ2) is 9.14. The van der Waals surface area contributed by atoms with Crippen LogP contribution in [0, 0.1) is 11.8 Å². The first-order valence-corrected chi connectivity index (χ1v) is 9.21. The van der Waals surface area contributed by atoms with Gasteiger partial charge in [-0.25, -0.2) is 19.6 Å².